The number of ether oxygens (including phenoxy) is 1. The molecule has 26 heavy (non-hydrogen) atoms. The standard InChI is InChI=1S/C18H22N6O2/c1-26-16-6-5-15-19-20-18(24(15)21-16)14-7-10-22(11-8-14)12-13-23-9-3-2-4-17(23)25/h2-6,9,14H,7-8,10-13H2,1H3. The Hall–Kier alpha value is -2.74. The molecule has 8 heteroatoms. The van der Waals surface area contributed by atoms with Crippen molar-refractivity contribution in [1.82, 2.24) is 29.3 Å². The summed E-state index contributed by atoms with van der Waals surface area (Å²) < 4.78 is 8.76. The van der Waals surface area contributed by atoms with E-state index in [-0.39, 0.29) is 5.56 Å². The van der Waals surface area contributed by atoms with E-state index < -0.39 is 0 Å². The van der Waals surface area contributed by atoms with Crippen LogP contribution in [0.1, 0.15) is 24.6 Å². The number of rotatable bonds is 5. The Labute approximate surface area is 151 Å². The van der Waals surface area contributed by atoms with Gasteiger partial charge in [0.25, 0.3) is 5.56 Å². The second-order valence-electron chi connectivity index (χ2n) is 6.55. The number of hydrogen-bond donors (Lipinski definition) is 0. The number of fused-ring (bicyclic) bond motifs is 1. The highest BCUT2D eigenvalue weighted by molar-refractivity contribution is 5.38. The molecule has 1 aliphatic heterocycles. The average molecular weight is 354 g/mol. The largest absolute Gasteiger partial charge is 0.480 e. The zero-order chi connectivity index (χ0) is 17.9. The number of pyridine rings is 1. The monoisotopic (exact) mass is 354 g/mol. The van der Waals surface area contributed by atoms with Crippen molar-refractivity contribution >= 4 is 5.65 Å². The van der Waals surface area contributed by atoms with Crippen LogP contribution in [0, 0.1) is 0 Å². The Morgan fingerprint density at radius 2 is 1.96 bits per heavy atom. The molecule has 3 aromatic rings. The van der Waals surface area contributed by atoms with Gasteiger partial charge in [0.05, 0.1) is 7.11 Å². The smallest absolute Gasteiger partial charge is 0.250 e. The van der Waals surface area contributed by atoms with E-state index in [9.17, 15) is 4.79 Å². The fraction of sp³-hybridized carbons (Fsp3) is 0.444. The Morgan fingerprint density at radius 1 is 1.12 bits per heavy atom. The lowest BCUT2D eigenvalue weighted by Crippen LogP contribution is -2.37. The van der Waals surface area contributed by atoms with Gasteiger partial charge in [-0.05, 0) is 38.1 Å². The Kier molecular flexibility index (Phi) is 4.66. The lowest BCUT2D eigenvalue weighted by Gasteiger charge is -2.31. The van der Waals surface area contributed by atoms with E-state index in [0.717, 1.165) is 50.5 Å². The maximum absolute atomic E-state index is 11.8. The fourth-order valence-corrected chi connectivity index (χ4v) is 3.46. The summed E-state index contributed by atoms with van der Waals surface area (Å²) in [5, 5.41) is 13.0. The molecule has 0 amide bonds. The summed E-state index contributed by atoms with van der Waals surface area (Å²) in [5.41, 5.74) is 0.795. The third kappa shape index (κ3) is 3.32. The van der Waals surface area contributed by atoms with Crippen LogP contribution in [0.3, 0.4) is 0 Å². The third-order valence-corrected chi connectivity index (χ3v) is 4.98. The van der Waals surface area contributed by atoms with E-state index in [0.29, 0.717) is 11.8 Å². The summed E-state index contributed by atoms with van der Waals surface area (Å²) in [4.78, 5) is 14.2. The molecule has 3 aromatic heterocycles. The summed E-state index contributed by atoms with van der Waals surface area (Å²) in [6.45, 7) is 3.55. The molecule has 0 atom stereocenters. The number of aromatic nitrogens is 5. The van der Waals surface area contributed by atoms with E-state index in [1.165, 1.54) is 0 Å². The SMILES string of the molecule is COc1ccc2nnc(C3CCN(CCn4ccccc4=O)CC3)n2n1. The summed E-state index contributed by atoms with van der Waals surface area (Å²) in [5.74, 6) is 1.79. The first-order valence-corrected chi connectivity index (χ1v) is 8.89. The van der Waals surface area contributed by atoms with Crippen LogP contribution in [0.25, 0.3) is 5.65 Å². The van der Waals surface area contributed by atoms with Crippen molar-refractivity contribution in [3.05, 3.63) is 52.7 Å². The highest BCUT2D eigenvalue weighted by Gasteiger charge is 2.25. The molecule has 0 aliphatic carbocycles. The van der Waals surface area contributed by atoms with Gasteiger partial charge < -0.3 is 14.2 Å². The molecule has 1 fully saturated rings. The van der Waals surface area contributed by atoms with E-state index in [4.69, 9.17) is 4.74 Å². The first-order chi connectivity index (χ1) is 12.7. The third-order valence-electron chi connectivity index (χ3n) is 4.98. The van der Waals surface area contributed by atoms with Gasteiger partial charge in [0.2, 0.25) is 5.88 Å². The van der Waals surface area contributed by atoms with E-state index in [1.54, 1.807) is 34.4 Å². The first kappa shape index (κ1) is 16.7. The summed E-state index contributed by atoms with van der Waals surface area (Å²) in [6, 6.07) is 8.93. The molecule has 1 saturated heterocycles. The zero-order valence-electron chi connectivity index (χ0n) is 14.8. The lowest BCUT2D eigenvalue weighted by molar-refractivity contribution is 0.201. The van der Waals surface area contributed by atoms with Crippen LogP contribution < -0.4 is 10.3 Å². The van der Waals surface area contributed by atoms with Crippen LogP contribution in [0.15, 0.2) is 41.3 Å². The van der Waals surface area contributed by atoms with Crippen LogP contribution in [-0.2, 0) is 6.54 Å². The predicted molar refractivity (Wildman–Crippen MR) is 96.5 cm³/mol. The minimum Gasteiger partial charge on any atom is -0.480 e. The van der Waals surface area contributed by atoms with Crippen LogP contribution in [0.2, 0.25) is 0 Å². The molecular weight excluding hydrogens is 332 g/mol. The number of piperidine rings is 1. The van der Waals surface area contributed by atoms with Crippen molar-refractivity contribution in [1.29, 1.82) is 0 Å². The molecule has 4 rings (SSSR count). The van der Waals surface area contributed by atoms with Crippen LogP contribution in [0.5, 0.6) is 5.88 Å². The minimum absolute atomic E-state index is 0.0531. The molecule has 136 valence electrons. The molecule has 0 bridgehead atoms. The quantitative estimate of drug-likeness (QED) is 0.685. The van der Waals surface area contributed by atoms with Crippen molar-refractivity contribution in [2.24, 2.45) is 0 Å². The Morgan fingerprint density at radius 3 is 2.73 bits per heavy atom. The second-order valence-corrected chi connectivity index (χ2v) is 6.55. The van der Waals surface area contributed by atoms with Crippen LogP contribution in [-0.4, -0.2) is 56.0 Å². The maximum Gasteiger partial charge on any atom is 0.250 e. The first-order valence-electron chi connectivity index (χ1n) is 8.89. The minimum atomic E-state index is 0.0531. The van der Waals surface area contributed by atoms with Crippen molar-refractivity contribution in [3.8, 4) is 5.88 Å². The maximum atomic E-state index is 11.8. The Balaban J connectivity index is 1.39. The van der Waals surface area contributed by atoms with Crippen molar-refractivity contribution in [2.45, 2.75) is 25.3 Å². The normalized spacial score (nSPS) is 16.2. The molecule has 4 heterocycles. The van der Waals surface area contributed by atoms with Crippen LogP contribution in [0.4, 0.5) is 0 Å². The number of nitrogens with zero attached hydrogens (tertiary/aromatic N) is 6. The van der Waals surface area contributed by atoms with Gasteiger partial charge in [0, 0.05) is 37.3 Å². The number of methoxy groups -OCH3 is 1. The van der Waals surface area contributed by atoms with Crippen molar-refractivity contribution in [3.63, 3.8) is 0 Å². The number of hydrogen-bond acceptors (Lipinski definition) is 6. The highest BCUT2D eigenvalue weighted by atomic mass is 16.5. The van der Waals surface area contributed by atoms with Crippen LogP contribution >= 0.6 is 0 Å². The summed E-state index contributed by atoms with van der Waals surface area (Å²) in [7, 11) is 1.61. The van der Waals surface area contributed by atoms with Gasteiger partial charge in [-0.3, -0.25) is 4.79 Å². The fourth-order valence-electron chi connectivity index (χ4n) is 3.46. The molecule has 0 N–H and O–H groups in total. The van der Waals surface area contributed by atoms with E-state index in [1.807, 2.05) is 18.3 Å². The molecule has 8 nitrogen and oxygen atoms in total. The molecule has 0 aromatic carbocycles. The topological polar surface area (TPSA) is 77.6 Å². The van der Waals surface area contributed by atoms with E-state index >= 15 is 0 Å². The van der Waals surface area contributed by atoms with Gasteiger partial charge >= 0.3 is 0 Å². The van der Waals surface area contributed by atoms with Gasteiger partial charge in [0.1, 0.15) is 0 Å². The van der Waals surface area contributed by atoms with Crippen molar-refractivity contribution < 1.29 is 4.74 Å². The van der Waals surface area contributed by atoms with Gasteiger partial charge in [-0.15, -0.1) is 15.3 Å². The molecule has 0 radical (unpaired) electrons. The summed E-state index contributed by atoms with van der Waals surface area (Å²) >= 11 is 0. The highest BCUT2D eigenvalue weighted by Crippen LogP contribution is 2.27. The zero-order valence-corrected chi connectivity index (χ0v) is 14.8. The lowest BCUT2D eigenvalue weighted by atomic mass is 9.96. The average Bonchev–Trinajstić information content (AvgIpc) is 3.11. The molecule has 0 unspecified atom stereocenters. The second kappa shape index (κ2) is 7.25. The summed E-state index contributed by atoms with van der Waals surface area (Å²) in [6.07, 6.45) is 3.85. The Bertz CT molecular complexity index is 942. The molecule has 1 aliphatic rings. The van der Waals surface area contributed by atoms with Gasteiger partial charge in [-0.2, -0.15) is 4.52 Å². The molecular formula is C18H22N6O2. The van der Waals surface area contributed by atoms with Gasteiger partial charge in [-0.1, -0.05) is 6.07 Å². The predicted octanol–water partition coefficient (Wildman–Crippen LogP) is 1.17. The number of likely N-dealkylation sites (tertiary alicyclic amines) is 1. The van der Waals surface area contributed by atoms with Gasteiger partial charge in [0.15, 0.2) is 11.5 Å². The molecule has 0 saturated carbocycles. The van der Waals surface area contributed by atoms with Gasteiger partial charge in [-0.25, -0.2) is 0 Å². The molecule has 0 spiro atoms. The van der Waals surface area contributed by atoms with Crippen molar-refractivity contribution in [2.75, 3.05) is 26.7 Å². The van der Waals surface area contributed by atoms with E-state index in [2.05, 4.69) is 20.2 Å².